The summed E-state index contributed by atoms with van der Waals surface area (Å²) in [5.74, 6) is 0.748. The smallest absolute Gasteiger partial charge is 0.246 e. The first-order valence-corrected chi connectivity index (χ1v) is 6.60. The molecule has 2 heterocycles. The average molecular weight is 262 g/mol. The molecule has 1 atom stereocenters. The quantitative estimate of drug-likeness (QED) is 0.854. The molecule has 0 spiro atoms. The molecule has 1 aromatic rings. The second kappa shape index (κ2) is 4.42. The zero-order valence-electron chi connectivity index (χ0n) is 11.2. The molecule has 2 N–H and O–H groups in total. The van der Waals surface area contributed by atoms with Gasteiger partial charge in [0, 0.05) is 25.6 Å². The van der Waals surface area contributed by atoms with Gasteiger partial charge in [0.15, 0.2) is 11.5 Å². The van der Waals surface area contributed by atoms with Gasteiger partial charge >= 0.3 is 0 Å². The Labute approximate surface area is 112 Å². The Morgan fingerprint density at radius 2 is 2.16 bits per heavy atom. The molecule has 1 amide bonds. The first-order valence-electron chi connectivity index (χ1n) is 6.60. The van der Waals surface area contributed by atoms with E-state index in [1.807, 2.05) is 26.0 Å². The van der Waals surface area contributed by atoms with Crippen molar-refractivity contribution in [3.05, 3.63) is 18.2 Å². The summed E-state index contributed by atoms with van der Waals surface area (Å²) in [6.45, 7) is 4.62. The van der Waals surface area contributed by atoms with Crippen LogP contribution in [0.1, 0.15) is 26.7 Å². The SMILES string of the molecule is CC1(C)Oc2ccc(NC(=O)C3CCCN3)cc2O1. The van der Waals surface area contributed by atoms with E-state index in [1.54, 1.807) is 6.07 Å². The monoisotopic (exact) mass is 262 g/mol. The summed E-state index contributed by atoms with van der Waals surface area (Å²) in [6.07, 6.45) is 1.94. The third kappa shape index (κ3) is 2.51. The minimum Gasteiger partial charge on any atom is -0.449 e. The van der Waals surface area contributed by atoms with Gasteiger partial charge in [-0.3, -0.25) is 4.79 Å². The van der Waals surface area contributed by atoms with E-state index in [4.69, 9.17) is 9.47 Å². The molecule has 5 heteroatoms. The molecular formula is C14H18N2O3. The molecule has 1 saturated heterocycles. The molecule has 1 unspecified atom stereocenters. The standard InChI is InChI=1S/C14H18N2O3/c1-14(2)18-11-6-5-9(8-12(11)19-14)16-13(17)10-4-3-7-15-10/h5-6,8,10,15H,3-4,7H2,1-2H3,(H,16,17). The van der Waals surface area contributed by atoms with Crippen LogP contribution in [0.2, 0.25) is 0 Å². The summed E-state index contributed by atoms with van der Waals surface area (Å²) in [6, 6.07) is 5.37. The zero-order valence-corrected chi connectivity index (χ0v) is 11.2. The number of nitrogens with one attached hydrogen (secondary N) is 2. The van der Waals surface area contributed by atoms with Crippen molar-refractivity contribution < 1.29 is 14.3 Å². The number of amides is 1. The van der Waals surface area contributed by atoms with Crippen LogP contribution in [0.4, 0.5) is 5.69 Å². The molecule has 3 rings (SSSR count). The molecule has 1 aromatic carbocycles. The Morgan fingerprint density at radius 1 is 1.37 bits per heavy atom. The molecule has 0 aromatic heterocycles. The summed E-state index contributed by atoms with van der Waals surface area (Å²) in [4.78, 5) is 12.0. The molecule has 102 valence electrons. The number of carbonyl (C=O) groups is 1. The van der Waals surface area contributed by atoms with E-state index in [0.29, 0.717) is 11.5 Å². The predicted octanol–water partition coefficient (Wildman–Crippen LogP) is 1.88. The first kappa shape index (κ1) is 12.3. The molecule has 1 fully saturated rings. The minimum absolute atomic E-state index is 0.00984. The van der Waals surface area contributed by atoms with Gasteiger partial charge in [-0.05, 0) is 31.5 Å². The van der Waals surface area contributed by atoms with Gasteiger partial charge in [0.05, 0.1) is 6.04 Å². The Kier molecular flexibility index (Phi) is 2.86. The Morgan fingerprint density at radius 3 is 2.89 bits per heavy atom. The Balaban J connectivity index is 1.71. The van der Waals surface area contributed by atoms with Crippen LogP contribution in [0.15, 0.2) is 18.2 Å². The fourth-order valence-electron chi connectivity index (χ4n) is 2.44. The lowest BCUT2D eigenvalue weighted by Crippen LogP contribution is -2.35. The lowest BCUT2D eigenvalue weighted by molar-refractivity contribution is -0.117. The lowest BCUT2D eigenvalue weighted by atomic mass is 10.2. The van der Waals surface area contributed by atoms with Crippen molar-refractivity contribution in [1.29, 1.82) is 0 Å². The Hall–Kier alpha value is -1.75. The summed E-state index contributed by atoms with van der Waals surface area (Å²) in [5.41, 5.74) is 0.735. The van der Waals surface area contributed by atoms with E-state index in [2.05, 4.69) is 10.6 Å². The average Bonchev–Trinajstić information content (AvgIpc) is 2.93. The van der Waals surface area contributed by atoms with Crippen molar-refractivity contribution in [3.63, 3.8) is 0 Å². The maximum absolute atomic E-state index is 12.0. The van der Waals surface area contributed by atoms with Crippen molar-refractivity contribution in [3.8, 4) is 11.5 Å². The van der Waals surface area contributed by atoms with Crippen molar-refractivity contribution in [2.75, 3.05) is 11.9 Å². The molecular weight excluding hydrogens is 244 g/mol. The number of carbonyl (C=O) groups excluding carboxylic acids is 1. The molecule has 2 aliphatic heterocycles. The van der Waals surface area contributed by atoms with E-state index in [1.165, 1.54) is 0 Å². The molecule has 2 aliphatic rings. The van der Waals surface area contributed by atoms with Crippen LogP contribution in [0.5, 0.6) is 11.5 Å². The highest BCUT2D eigenvalue weighted by molar-refractivity contribution is 5.95. The number of ether oxygens (including phenoxy) is 2. The van der Waals surface area contributed by atoms with Gasteiger partial charge in [0.1, 0.15) is 0 Å². The van der Waals surface area contributed by atoms with E-state index >= 15 is 0 Å². The van der Waals surface area contributed by atoms with Crippen molar-refractivity contribution in [2.45, 2.75) is 38.5 Å². The second-order valence-electron chi connectivity index (χ2n) is 5.40. The number of benzene rings is 1. The number of rotatable bonds is 2. The third-order valence-electron chi connectivity index (χ3n) is 3.30. The Bertz CT molecular complexity index is 507. The fourth-order valence-corrected chi connectivity index (χ4v) is 2.44. The first-order chi connectivity index (χ1) is 9.03. The topological polar surface area (TPSA) is 59.6 Å². The van der Waals surface area contributed by atoms with Crippen LogP contribution in [0.3, 0.4) is 0 Å². The molecule has 5 nitrogen and oxygen atoms in total. The summed E-state index contributed by atoms with van der Waals surface area (Å²) in [7, 11) is 0. The summed E-state index contributed by atoms with van der Waals surface area (Å²) in [5, 5.41) is 6.08. The summed E-state index contributed by atoms with van der Waals surface area (Å²) >= 11 is 0. The fraction of sp³-hybridized carbons (Fsp3) is 0.500. The zero-order chi connectivity index (χ0) is 13.5. The van der Waals surface area contributed by atoms with E-state index in [-0.39, 0.29) is 11.9 Å². The van der Waals surface area contributed by atoms with Crippen LogP contribution in [-0.2, 0) is 4.79 Å². The van der Waals surface area contributed by atoms with Crippen molar-refractivity contribution in [2.24, 2.45) is 0 Å². The predicted molar refractivity (Wildman–Crippen MR) is 71.4 cm³/mol. The minimum atomic E-state index is -0.641. The highest BCUT2D eigenvalue weighted by Gasteiger charge is 2.32. The maximum atomic E-state index is 12.0. The van der Waals surface area contributed by atoms with Gasteiger partial charge in [-0.25, -0.2) is 0 Å². The van der Waals surface area contributed by atoms with Gasteiger partial charge < -0.3 is 20.1 Å². The molecule has 0 aliphatic carbocycles. The highest BCUT2D eigenvalue weighted by atomic mass is 16.7. The maximum Gasteiger partial charge on any atom is 0.246 e. The van der Waals surface area contributed by atoms with Crippen LogP contribution in [0.25, 0.3) is 0 Å². The highest BCUT2D eigenvalue weighted by Crippen LogP contribution is 2.40. The van der Waals surface area contributed by atoms with Crippen LogP contribution in [-0.4, -0.2) is 24.3 Å². The summed E-state index contributed by atoms with van der Waals surface area (Å²) < 4.78 is 11.3. The van der Waals surface area contributed by atoms with E-state index in [0.717, 1.165) is 25.1 Å². The van der Waals surface area contributed by atoms with Gasteiger partial charge in [0.25, 0.3) is 0 Å². The van der Waals surface area contributed by atoms with Gasteiger partial charge in [-0.2, -0.15) is 0 Å². The molecule has 0 bridgehead atoms. The third-order valence-corrected chi connectivity index (χ3v) is 3.30. The number of hydrogen-bond donors (Lipinski definition) is 2. The van der Waals surface area contributed by atoms with E-state index in [9.17, 15) is 4.79 Å². The molecule has 19 heavy (non-hydrogen) atoms. The molecule has 0 radical (unpaired) electrons. The normalized spacial score (nSPS) is 23.4. The number of hydrogen-bond acceptors (Lipinski definition) is 4. The second-order valence-corrected chi connectivity index (χ2v) is 5.40. The van der Waals surface area contributed by atoms with Crippen molar-refractivity contribution >= 4 is 11.6 Å². The van der Waals surface area contributed by atoms with Gasteiger partial charge in [-0.1, -0.05) is 0 Å². The molecule has 0 saturated carbocycles. The van der Waals surface area contributed by atoms with Crippen molar-refractivity contribution in [1.82, 2.24) is 5.32 Å². The number of anilines is 1. The largest absolute Gasteiger partial charge is 0.449 e. The van der Waals surface area contributed by atoms with Crippen LogP contribution in [0, 0.1) is 0 Å². The lowest BCUT2D eigenvalue weighted by Gasteiger charge is -2.16. The van der Waals surface area contributed by atoms with Crippen LogP contribution < -0.4 is 20.1 Å². The van der Waals surface area contributed by atoms with Crippen LogP contribution >= 0.6 is 0 Å². The van der Waals surface area contributed by atoms with Gasteiger partial charge in [0.2, 0.25) is 11.7 Å². The van der Waals surface area contributed by atoms with Gasteiger partial charge in [-0.15, -0.1) is 0 Å². The number of fused-ring (bicyclic) bond motifs is 1. The van der Waals surface area contributed by atoms with E-state index < -0.39 is 5.79 Å².